The summed E-state index contributed by atoms with van der Waals surface area (Å²) in [7, 11) is -3.99. The number of carbonyl (C=O) groups excluding carboxylic acids is 2. The van der Waals surface area contributed by atoms with E-state index in [1.165, 1.54) is 12.1 Å². The van der Waals surface area contributed by atoms with Gasteiger partial charge in [0.25, 0.3) is 5.91 Å². The minimum Gasteiger partial charge on any atom is -0.444 e. The van der Waals surface area contributed by atoms with Crippen LogP contribution in [0.15, 0.2) is 30.5 Å². The zero-order valence-corrected chi connectivity index (χ0v) is 24.9. The summed E-state index contributed by atoms with van der Waals surface area (Å²) in [5.74, 6) is 1.53. The van der Waals surface area contributed by atoms with Crippen LogP contribution in [-0.4, -0.2) is 69.9 Å². The van der Waals surface area contributed by atoms with Crippen LogP contribution < -0.4 is 11.1 Å². The van der Waals surface area contributed by atoms with Crippen molar-refractivity contribution in [2.24, 2.45) is 5.73 Å². The number of primary amides is 1. The van der Waals surface area contributed by atoms with Crippen LogP contribution in [0.2, 0.25) is 0 Å². The Balaban J connectivity index is 1.61. The van der Waals surface area contributed by atoms with Crippen molar-refractivity contribution in [1.82, 2.24) is 14.7 Å². The van der Waals surface area contributed by atoms with Crippen LogP contribution in [0.25, 0.3) is 0 Å². The number of halogens is 2. The number of likely N-dealkylation sites (tertiary alicyclic amines) is 1. The molecule has 1 aromatic carbocycles. The number of amides is 2. The van der Waals surface area contributed by atoms with Gasteiger partial charge in [-0.2, -0.15) is 13.9 Å². The number of hydrogen-bond acceptors (Lipinski definition) is 9. The lowest BCUT2D eigenvalue weighted by Crippen LogP contribution is -2.50. The summed E-state index contributed by atoms with van der Waals surface area (Å²) in [5, 5.41) is 3.67. The second kappa shape index (κ2) is 11.8. The monoisotopic (exact) mass is 617 g/mol. The van der Waals surface area contributed by atoms with Crippen LogP contribution in [-0.2, 0) is 26.2 Å². The van der Waals surface area contributed by atoms with E-state index in [1.54, 1.807) is 15.8 Å². The quantitative estimate of drug-likeness (QED) is 0.370. The van der Waals surface area contributed by atoms with Crippen molar-refractivity contribution in [3.63, 3.8) is 0 Å². The molecule has 2 saturated heterocycles. The summed E-state index contributed by atoms with van der Waals surface area (Å²) in [6.45, 7) is 6.36. The lowest BCUT2D eigenvalue weighted by molar-refractivity contribution is 0.00949. The summed E-state index contributed by atoms with van der Waals surface area (Å²) < 4.78 is 57.2. The summed E-state index contributed by atoms with van der Waals surface area (Å²) >= 11 is 3.75. The minimum absolute atomic E-state index is 0.123. The number of nitrogens with two attached hydrogens (primary N) is 1. The third-order valence-electron chi connectivity index (χ3n) is 6.77. The first-order valence-electron chi connectivity index (χ1n) is 12.7. The highest BCUT2D eigenvalue weighted by atomic mass is 32.2. The Morgan fingerprint density at radius 2 is 1.75 bits per heavy atom. The van der Waals surface area contributed by atoms with Crippen LogP contribution >= 0.6 is 23.5 Å². The van der Waals surface area contributed by atoms with E-state index in [2.05, 4.69) is 5.32 Å². The molecule has 2 fully saturated rings. The normalized spacial score (nSPS) is 18.2. The Labute approximate surface area is 241 Å². The molecule has 1 aromatic heterocycles. The van der Waals surface area contributed by atoms with Crippen LogP contribution in [0.5, 0.6) is 0 Å². The van der Waals surface area contributed by atoms with Crippen molar-refractivity contribution in [2.75, 3.05) is 29.9 Å². The molecule has 0 aliphatic carbocycles. The van der Waals surface area contributed by atoms with E-state index in [9.17, 15) is 26.8 Å². The fourth-order valence-electron chi connectivity index (χ4n) is 4.68. The second-order valence-corrected chi connectivity index (χ2v) is 14.8. The standard InChI is InChI=1S/C25H33F2N5O5S3/c1-23(2,3)37-22(34)31-10-8-24(9-11-31,14-19-38-12-13-39-19)32-15-18(20(28)33)21(30-32)29-17-6-4-16(5-7-17)25(26,27)40(35)36/h4-7,15,19,40H,8-14H2,1-3H3,(H2,28,33)(H,29,30). The van der Waals surface area contributed by atoms with E-state index in [1.807, 2.05) is 44.3 Å². The molecule has 2 amide bonds. The van der Waals surface area contributed by atoms with E-state index in [-0.39, 0.29) is 17.5 Å². The van der Waals surface area contributed by atoms with Gasteiger partial charge in [-0.25, -0.2) is 13.2 Å². The molecule has 0 radical (unpaired) electrons. The summed E-state index contributed by atoms with van der Waals surface area (Å²) in [6, 6.07) is 4.56. The summed E-state index contributed by atoms with van der Waals surface area (Å²) in [4.78, 5) is 26.8. The molecule has 2 aliphatic heterocycles. The lowest BCUT2D eigenvalue weighted by atomic mass is 9.85. The van der Waals surface area contributed by atoms with Gasteiger partial charge in [-0.05, 0) is 64.3 Å². The Bertz CT molecular complexity index is 1310. The molecule has 0 unspecified atom stereocenters. The zero-order valence-electron chi connectivity index (χ0n) is 22.4. The second-order valence-electron chi connectivity index (χ2n) is 10.8. The Morgan fingerprint density at radius 3 is 2.27 bits per heavy atom. The molecule has 220 valence electrons. The molecular weight excluding hydrogens is 585 g/mol. The highest BCUT2D eigenvalue weighted by Crippen LogP contribution is 2.44. The van der Waals surface area contributed by atoms with E-state index < -0.39 is 38.6 Å². The molecule has 0 bridgehead atoms. The van der Waals surface area contributed by atoms with E-state index in [0.29, 0.717) is 36.2 Å². The van der Waals surface area contributed by atoms with Crippen molar-refractivity contribution in [3.8, 4) is 0 Å². The van der Waals surface area contributed by atoms with Crippen molar-refractivity contribution in [2.45, 2.75) is 61.0 Å². The first-order valence-corrected chi connectivity index (χ1v) is 16.0. The Morgan fingerprint density at radius 1 is 1.15 bits per heavy atom. The third kappa shape index (κ3) is 6.85. The summed E-state index contributed by atoms with van der Waals surface area (Å²) in [5.41, 5.74) is 4.35. The van der Waals surface area contributed by atoms with E-state index in [0.717, 1.165) is 30.1 Å². The van der Waals surface area contributed by atoms with Crippen LogP contribution in [0.1, 0.15) is 56.0 Å². The predicted molar refractivity (Wildman–Crippen MR) is 153 cm³/mol. The van der Waals surface area contributed by atoms with Crippen molar-refractivity contribution in [1.29, 1.82) is 0 Å². The molecule has 3 heterocycles. The number of thioether (sulfide) groups is 2. The highest BCUT2D eigenvalue weighted by molar-refractivity contribution is 8.20. The third-order valence-corrected chi connectivity index (χ3v) is 10.5. The number of benzene rings is 1. The maximum absolute atomic E-state index is 13.9. The number of anilines is 2. The van der Waals surface area contributed by atoms with Gasteiger partial charge >= 0.3 is 11.3 Å². The average Bonchev–Trinajstić information content (AvgIpc) is 3.54. The predicted octanol–water partition coefficient (Wildman–Crippen LogP) is 4.31. The van der Waals surface area contributed by atoms with Crippen molar-refractivity contribution < 1.29 is 31.5 Å². The van der Waals surface area contributed by atoms with Crippen molar-refractivity contribution >= 4 is 57.7 Å². The van der Waals surface area contributed by atoms with Gasteiger partial charge in [0.1, 0.15) is 11.2 Å². The van der Waals surface area contributed by atoms with E-state index in [4.69, 9.17) is 15.6 Å². The molecular formula is C25H33F2N5O5S3. The maximum Gasteiger partial charge on any atom is 0.410 e. The molecule has 40 heavy (non-hydrogen) atoms. The highest BCUT2D eigenvalue weighted by Gasteiger charge is 2.42. The number of nitrogens with zero attached hydrogens (tertiary/aromatic N) is 3. The first-order chi connectivity index (χ1) is 18.7. The smallest absolute Gasteiger partial charge is 0.410 e. The fourth-order valence-corrected chi connectivity index (χ4v) is 8.15. The topological polar surface area (TPSA) is 137 Å². The molecule has 0 spiro atoms. The number of alkyl halides is 2. The number of aromatic nitrogens is 2. The molecule has 2 aliphatic rings. The largest absolute Gasteiger partial charge is 0.444 e. The molecule has 15 heteroatoms. The van der Waals surface area contributed by atoms with Crippen LogP contribution in [0, 0.1) is 0 Å². The number of rotatable bonds is 8. The molecule has 0 saturated carbocycles. The van der Waals surface area contributed by atoms with Gasteiger partial charge in [0, 0.05) is 42.0 Å². The van der Waals surface area contributed by atoms with Crippen LogP contribution in [0.4, 0.5) is 25.1 Å². The summed E-state index contributed by atoms with van der Waals surface area (Å²) in [6.07, 6.45) is 3.16. The van der Waals surface area contributed by atoms with Gasteiger partial charge in [0.05, 0.1) is 10.1 Å². The minimum atomic E-state index is -4.00. The van der Waals surface area contributed by atoms with Gasteiger partial charge in [0.2, 0.25) is 10.7 Å². The Kier molecular flexibility index (Phi) is 8.95. The number of piperidine rings is 1. The Hall–Kier alpha value is -2.52. The van der Waals surface area contributed by atoms with Gasteiger partial charge in [-0.15, -0.1) is 23.5 Å². The molecule has 3 N–H and O–H groups in total. The zero-order chi connectivity index (χ0) is 29.3. The molecule has 10 nitrogen and oxygen atoms in total. The number of hydrogen-bond donors (Lipinski definition) is 3. The first kappa shape index (κ1) is 30.4. The van der Waals surface area contributed by atoms with Gasteiger partial charge < -0.3 is 20.7 Å². The number of ether oxygens (including phenoxy) is 1. The fraction of sp³-hybridized carbons (Fsp3) is 0.560. The lowest BCUT2D eigenvalue weighted by Gasteiger charge is -2.43. The van der Waals surface area contributed by atoms with Gasteiger partial charge in [-0.1, -0.05) is 0 Å². The maximum atomic E-state index is 13.9. The molecule has 4 rings (SSSR count). The average molecular weight is 618 g/mol. The van der Waals surface area contributed by atoms with Crippen LogP contribution in [0.3, 0.4) is 0 Å². The van der Waals surface area contributed by atoms with Crippen molar-refractivity contribution in [3.05, 3.63) is 41.6 Å². The molecule has 0 atom stereocenters. The van der Waals surface area contributed by atoms with E-state index >= 15 is 0 Å². The SMILES string of the molecule is CC(C)(C)OC(=O)N1CCC(CC2SCCS2)(n2cc(C(N)=O)c(Nc3ccc(C(F)(F)[SH](=O)=O)cc3)n2)CC1. The number of carbonyl (C=O) groups is 2. The van der Waals surface area contributed by atoms with Gasteiger partial charge in [0.15, 0.2) is 5.82 Å². The van der Waals surface area contributed by atoms with Gasteiger partial charge in [-0.3, -0.25) is 9.48 Å². The number of nitrogens with one attached hydrogen (secondary N) is 1. The molecule has 2 aromatic rings. The number of thiol groups is 1.